The SMILES string of the molecule is COCCn1cc(-c2ccc(Cl)c(F)c2)c2ccc(C(=O)O)nc21. The Balaban J connectivity index is 2.20. The van der Waals surface area contributed by atoms with Gasteiger partial charge in [-0.15, -0.1) is 0 Å². The summed E-state index contributed by atoms with van der Waals surface area (Å²) in [6.45, 7) is 0.941. The van der Waals surface area contributed by atoms with E-state index in [0.717, 1.165) is 10.9 Å². The van der Waals surface area contributed by atoms with E-state index in [9.17, 15) is 9.18 Å². The summed E-state index contributed by atoms with van der Waals surface area (Å²) in [5.41, 5.74) is 1.86. The first-order valence-electron chi connectivity index (χ1n) is 7.19. The van der Waals surface area contributed by atoms with Gasteiger partial charge in [-0.25, -0.2) is 14.2 Å². The zero-order chi connectivity index (χ0) is 17.3. The summed E-state index contributed by atoms with van der Waals surface area (Å²) < 4.78 is 20.7. The van der Waals surface area contributed by atoms with Gasteiger partial charge in [0.25, 0.3) is 0 Å². The number of methoxy groups -OCH3 is 1. The minimum Gasteiger partial charge on any atom is -0.477 e. The summed E-state index contributed by atoms with van der Waals surface area (Å²) in [4.78, 5) is 15.4. The molecule has 0 saturated heterocycles. The van der Waals surface area contributed by atoms with Crippen molar-refractivity contribution in [2.75, 3.05) is 13.7 Å². The lowest BCUT2D eigenvalue weighted by atomic mass is 10.1. The maximum absolute atomic E-state index is 13.8. The van der Waals surface area contributed by atoms with Gasteiger partial charge in [-0.2, -0.15) is 0 Å². The minimum atomic E-state index is -1.10. The highest BCUT2D eigenvalue weighted by Gasteiger charge is 2.15. The minimum absolute atomic E-state index is 0.0481. The third-order valence-electron chi connectivity index (χ3n) is 3.71. The Labute approximate surface area is 142 Å². The van der Waals surface area contributed by atoms with Gasteiger partial charge in [0, 0.05) is 30.8 Å². The second-order valence-corrected chi connectivity index (χ2v) is 5.64. The fourth-order valence-corrected chi connectivity index (χ4v) is 2.65. The smallest absolute Gasteiger partial charge is 0.354 e. The van der Waals surface area contributed by atoms with Crippen molar-refractivity contribution < 1.29 is 19.0 Å². The monoisotopic (exact) mass is 348 g/mol. The summed E-state index contributed by atoms with van der Waals surface area (Å²) >= 11 is 5.74. The van der Waals surface area contributed by atoms with Crippen LogP contribution in [-0.4, -0.2) is 34.3 Å². The average Bonchev–Trinajstić information content (AvgIpc) is 2.93. The van der Waals surface area contributed by atoms with Crippen LogP contribution in [0.5, 0.6) is 0 Å². The van der Waals surface area contributed by atoms with E-state index in [0.29, 0.717) is 24.4 Å². The van der Waals surface area contributed by atoms with Crippen LogP contribution >= 0.6 is 11.6 Å². The van der Waals surface area contributed by atoms with E-state index < -0.39 is 11.8 Å². The fraction of sp³-hybridized carbons (Fsp3) is 0.176. The number of aromatic carboxylic acids is 1. The molecule has 0 aliphatic heterocycles. The molecule has 3 rings (SSSR count). The Morgan fingerprint density at radius 2 is 2.17 bits per heavy atom. The average molecular weight is 349 g/mol. The van der Waals surface area contributed by atoms with Crippen LogP contribution in [0.25, 0.3) is 22.2 Å². The number of fused-ring (bicyclic) bond motifs is 1. The number of aromatic nitrogens is 2. The molecule has 7 heteroatoms. The number of hydrogen-bond donors (Lipinski definition) is 1. The molecule has 1 aromatic carbocycles. The van der Waals surface area contributed by atoms with Gasteiger partial charge < -0.3 is 14.4 Å². The molecule has 2 heterocycles. The first-order valence-corrected chi connectivity index (χ1v) is 7.56. The van der Waals surface area contributed by atoms with Crippen molar-refractivity contribution in [1.29, 1.82) is 0 Å². The van der Waals surface area contributed by atoms with E-state index in [1.807, 2.05) is 6.20 Å². The Kier molecular flexibility index (Phi) is 4.51. The van der Waals surface area contributed by atoms with E-state index in [1.165, 1.54) is 18.2 Å². The van der Waals surface area contributed by atoms with E-state index >= 15 is 0 Å². The first-order chi connectivity index (χ1) is 11.5. The van der Waals surface area contributed by atoms with E-state index in [4.69, 9.17) is 21.4 Å². The third-order valence-corrected chi connectivity index (χ3v) is 4.01. The highest BCUT2D eigenvalue weighted by atomic mass is 35.5. The second-order valence-electron chi connectivity index (χ2n) is 5.23. The molecule has 0 aliphatic rings. The number of ether oxygens (including phenoxy) is 1. The Morgan fingerprint density at radius 3 is 2.83 bits per heavy atom. The molecule has 1 N–H and O–H groups in total. The molecule has 0 saturated carbocycles. The number of benzene rings is 1. The maximum atomic E-state index is 13.8. The van der Waals surface area contributed by atoms with Crippen molar-refractivity contribution >= 4 is 28.6 Å². The predicted octanol–water partition coefficient (Wildman–Crippen LogP) is 3.84. The molecule has 5 nitrogen and oxygen atoms in total. The summed E-state index contributed by atoms with van der Waals surface area (Å²) in [5.74, 6) is -1.61. The lowest BCUT2D eigenvalue weighted by molar-refractivity contribution is 0.0691. The Bertz CT molecular complexity index is 924. The molecule has 0 unspecified atom stereocenters. The number of carbonyl (C=O) groups is 1. The molecular weight excluding hydrogens is 335 g/mol. The van der Waals surface area contributed by atoms with Crippen LogP contribution in [0.15, 0.2) is 36.5 Å². The summed E-state index contributed by atoms with van der Waals surface area (Å²) in [6, 6.07) is 7.66. The van der Waals surface area contributed by atoms with Crippen molar-refractivity contribution in [2.45, 2.75) is 6.54 Å². The molecule has 2 aromatic heterocycles. The predicted molar refractivity (Wildman–Crippen MR) is 89.0 cm³/mol. The lowest BCUT2D eigenvalue weighted by Gasteiger charge is -2.03. The molecule has 24 heavy (non-hydrogen) atoms. The summed E-state index contributed by atoms with van der Waals surface area (Å²) in [5, 5.41) is 9.92. The van der Waals surface area contributed by atoms with E-state index in [1.54, 1.807) is 23.8 Å². The molecule has 0 spiro atoms. The molecule has 0 amide bonds. The topological polar surface area (TPSA) is 64.3 Å². The van der Waals surface area contributed by atoms with Crippen molar-refractivity contribution in [3.63, 3.8) is 0 Å². The molecule has 0 atom stereocenters. The number of nitrogens with zero attached hydrogens (tertiary/aromatic N) is 2. The van der Waals surface area contributed by atoms with Crippen molar-refractivity contribution in [3.05, 3.63) is 53.1 Å². The van der Waals surface area contributed by atoms with Crippen molar-refractivity contribution in [3.8, 4) is 11.1 Å². The van der Waals surface area contributed by atoms with Crippen LogP contribution in [0.3, 0.4) is 0 Å². The maximum Gasteiger partial charge on any atom is 0.354 e. The lowest BCUT2D eigenvalue weighted by Crippen LogP contribution is -2.06. The highest BCUT2D eigenvalue weighted by molar-refractivity contribution is 6.30. The van der Waals surface area contributed by atoms with Gasteiger partial charge in [-0.3, -0.25) is 0 Å². The molecule has 3 aromatic rings. The second kappa shape index (κ2) is 6.59. The van der Waals surface area contributed by atoms with Crippen LogP contribution in [0.4, 0.5) is 4.39 Å². The van der Waals surface area contributed by atoms with Crippen LogP contribution in [0, 0.1) is 5.82 Å². The molecule has 0 radical (unpaired) electrons. The van der Waals surface area contributed by atoms with Crippen LogP contribution < -0.4 is 0 Å². The van der Waals surface area contributed by atoms with Gasteiger partial charge in [-0.05, 0) is 29.8 Å². The standard InChI is InChI=1S/C17H14ClFN2O3/c1-24-7-6-21-9-12(10-2-4-13(18)14(19)8-10)11-3-5-15(17(22)23)20-16(11)21/h2-5,8-9H,6-7H2,1H3,(H,22,23). The number of rotatable bonds is 5. The first kappa shape index (κ1) is 16.4. The van der Waals surface area contributed by atoms with E-state index in [-0.39, 0.29) is 10.7 Å². The number of carboxylic acids is 1. The third kappa shape index (κ3) is 2.98. The largest absolute Gasteiger partial charge is 0.477 e. The van der Waals surface area contributed by atoms with Gasteiger partial charge in [0.15, 0.2) is 5.69 Å². The quantitative estimate of drug-likeness (QED) is 0.760. The number of pyridine rings is 1. The van der Waals surface area contributed by atoms with Gasteiger partial charge >= 0.3 is 5.97 Å². The Hall–Kier alpha value is -2.44. The number of carboxylic acid groups (broad SMARTS) is 1. The van der Waals surface area contributed by atoms with Gasteiger partial charge in [0.2, 0.25) is 0 Å². The molecule has 0 aliphatic carbocycles. The molecule has 124 valence electrons. The molecule has 0 bridgehead atoms. The normalized spacial score (nSPS) is 11.1. The van der Waals surface area contributed by atoms with E-state index in [2.05, 4.69) is 4.98 Å². The highest BCUT2D eigenvalue weighted by Crippen LogP contribution is 2.32. The summed E-state index contributed by atoms with van der Waals surface area (Å²) in [7, 11) is 1.58. The van der Waals surface area contributed by atoms with Crippen molar-refractivity contribution in [1.82, 2.24) is 9.55 Å². The van der Waals surface area contributed by atoms with Crippen LogP contribution in [0.2, 0.25) is 5.02 Å². The Morgan fingerprint density at radius 1 is 1.38 bits per heavy atom. The fourth-order valence-electron chi connectivity index (χ4n) is 2.54. The van der Waals surface area contributed by atoms with Crippen LogP contribution in [0.1, 0.15) is 10.5 Å². The number of halogens is 2. The summed E-state index contributed by atoms with van der Waals surface area (Å²) in [6.07, 6.45) is 1.81. The van der Waals surface area contributed by atoms with Gasteiger partial charge in [0.05, 0.1) is 11.6 Å². The van der Waals surface area contributed by atoms with Crippen molar-refractivity contribution in [2.24, 2.45) is 0 Å². The zero-order valence-corrected chi connectivity index (χ0v) is 13.5. The molecular formula is C17H14ClFN2O3. The van der Waals surface area contributed by atoms with Crippen LogP contribution in [-0.2, 0) is 11.3 Å². The van der Waals surface area contributed by atoms with Gasteiger partial charge in [0.1, 0.15) is 11.5 Å². The molecule has 0 fully saturated rings. The number of hydrogen-bond acceptors (Lipinski definition) is 3. The zero-order valence-electron chi connectivity index (χ0n) is 12.8. The van der Waals surface area contributed by atoms with Gasteiger partial charge in [-0.1, -0.05) is 17.7 Å².